The van der Waals surface area contributed by atoms with Gasteiger partial charge in [-0.15, -0.1) is 0 Å². The van der Waals surface area contributed by atoms with Gasteiger partial charge in [-0.3, -0.25) is 9.59 Å². The highest BCUT2D eigenvalue weighted by atomic mass is 35.5. The lowest BCUT2D eigenvalue weighted by molar-refractivity contribution is -0.129. The van der Waals surface area contributed by atoms with Gasteiger partial charge in [0, 0.05) is 24.7 Å². The fraction of sp³-hybridized carbons (Fsp3) is 0.385. The summed E-state index contributed by atoms with van der Waals surface area (Å²) in [6, 6.07) is 4.60. The van der Waals surface area contributed by atoms with Gasteiger partial charge in [-0.1, -0.05) is 23.2 Å². The molecule has 0 bridgehead atoms. The molecule has 1 aliphatic rings. The number of rotatable bonds is 3. The van der Waals surface area contributed by atoms with E-state index in [1.807, 2.05) is 0 Å². The van der Waals surface area contributed by atoms with Gasteiger partial charge in [0.05, 0.1) is 16.6 Å². The number of hydrogen-bond donors (Lipinski definition) is 2. The lowest BCUT2D eigenvalue weighted by Crippen LogP contribution is -2.40. The number of hydrogen-bond acceptors (Lipinski definition) is 3. The number of carbonyl (C=O) groups is 2. The largest absolute Gasteiger partial charge is 0.343 e. The van der Waals surface area contributed by atoms with Crippen molar-refractivity contribution < 1.29 is 9.59 Å². The van der Waals surface area contributed by atoms with Crippen LogP contribution in [0.1, 0.15) is 16.8 Å². The molecule has 1 aliphatic heterocycles. The van der Waals surface area contributed by atoms with Gasteiger partial charge in [-0.2, -0.15) is 0 Å². The van der Waals surface area contributed by atoms with E-state index in [1.54, 1.807) is 17.0 Å². The van der Waals surface area contributed by atoms with E-state index in [0.29, 0.717) is 28.7 Å². The molecule has 1 heterocycles. The Balaban J connectivity index is 1.88. The van der Waals surface area contributed by atoms with Crippen molar-refractivity contribution >= 4 is 35.0 Å². The maximum Gasteiger partial charge on any atom is 0.251 e. The van der Waals surface area contributed by atoms with Gasteiger partial charge in [0.1, 0.15) is 0 Å². The lowest BCUT2D eigenvalue weighted by Gasteiger charge is -2.16. The highest BCUT2D eigenvalue weighted by Gasteiger charge is 2.23. The van der Waals surface area contributed by atoms with Crippen molar-refractivity contribution in [2.24, 2.45) is 5.73 Å². The minimum atomic E-state index is -0.361. The zero-order valence-electron chi connectivity index (χ0n) is 10.7. The molecule has 2 amide bonds. The molecule has 3 N–H and O–H groups in total. The Hall–Kier alpha value is -1.30. The second kappa shape index (κ2) is 6.43. The normalized spacial score (nSPS) is 18.1. The minimum Gasteiger partial charge on any atom is -0.343 e. The molecule has 0 spiro atoms. The molecule has 1 fully saturated rings. The Bertz CT molecular complexity index is 536. The molecule has 1 unspecified atom stereocenters. The summed E-state index contributed by atoms with van der Waals surface area (Å²) in [5, 5.41) is 3.25. The van der Waals surface area contributed by atoms with Crippen molar-refractivity contribution in [2.75, 3.05) is 19.6 Å². The molecule has 0 aliphatic carbocycles. The Kier molecular flexibility index (Phi) is 4.86. The van der Waals surface area contributed by atoms with E-state index in [4.69, 9.17) is 28.9 Å². The van der Waals surface area contributed by atoms with Crippen molar-refractivity contribution in [1.29, 1.82) is 0 Å². The summed E-state index contributed by atoms with van der Waals surface area (Å²) in [5.41, 5.74) is 6.10. The van der Waals surface area contributed by atoms with Gasteiger partial charge in [-0.25, -0.2) is 0 Å². The van der Waals surface area contributed by atoms with Gasteiger partial charge >= 0.3 is 0 Å². The van der Waals surface area contributed by atoms with Gasteiger partial charge < -0.3 is 16.0 Å². The van der Waals surface area contributed by atoms with E-state index in [9.17, 15) is 9.59 Å². The second-order valence-electron chi connectivity index (χ2n) is 4.70. The first kappa shape index (κ1) is 15.1. The number of nitrogens with zero attached hydrogens (tertiary/aromatic N) is 1. The first-order valence-electron chi connectivity index (χ1n) is 6.24. The van der Waals surface area contributed by atoms with Crippen molar-refractivity contribution in [1.82, 2.24) is 10.2 Å². The molecular weight excluding hydrogens is 301 g/mol. The summed E-state index contributed by atoms with van der Waals surface area (Å²) in [6.07, 6.45) is 0.798. The van der Waals surface area contributed by atoms with Gasteiger partial charge in [-0.05, 0) is 24.6 Å². The van der Waals surface area contributed by atoms with Crippen LogP contribution in [0.5, 0.6) is 0 Å². The molecule has 0 radical (unpaired) electrons. The molecule has 1 aromatic rings. The summed E-state index contributed by atoms with van der Waals surface area (Å²) in [5.74, 6) is -0.494. The van der Waals surface area contributed by atoms with E-state index in [-0.39, 0.29) is 24.4 Å². The maximum atomic E-state index is 11.9. The molecule has 1 atom stereocenters. The third kappa shape index (κ3) is 3.62. The average Bonchev–Trinajstić information content (AvgIpc) is 2.85. The zero-order valence-corrected chi connectivity index (χ0v) is 12.2. The Morgan fingerprint density at radius 3 is 2.70 bits per heavy atom. The van der Waals surface area contributed by atoms with Crippen LogP contribution in [-0.4, -0.2) is 42.4 Å². The van der Waals surface area contributed by atoms with Crippen molar-refractivity contribution in [3.05, 3.63) is 33.8 Å². The summed E-state index contributed by atoms with van der Waals surface area (Å²) in [4.78, 5) is 25.4. The van der Waals surface area contributed by atoms with Crippen LogP contribution in [0.15, 0.2) is 18.2 Å². The summed E-state index contributed by atoms with van der Waals surface area (Å²) >= 11 is 11.6. The highest BCUT2D eigenvalue weighted by molar-refractivity contribution is 6.42. The molecule has 5 nitrogen and oxygen atoms in total. The number of amides is 2. The van der Waals surface area contributed by atoms with Crippen LogP contribution in [0.3, 0.4) is 0 Å². The molecule has 1 saturated heterocycles. The quantitative estimate of drug-likeness (QED) is 0.882. The van der Waals surface area contributed by atoms with Crippen LogP contribution in [0.4, 0.5) is 0 Å². The van der Waals surface area contributed by atoms with Gasteiger partial charge in [0.25, 0.3) is 5.91 Å². The summed E-state index contributed by atoms with van der Waals surface area (Å²) < 4.78 is 0. The monoisotopic (exact) mass is 315 g/mol. The third-order valence-electron chi connectivity index (χ3n) is 3.16. The van der Waals surface area contributed by atoms with Crippen LogP contribution < -0.4 is 11.1 Å². The fourth-order valence-corrected chi connectivity index (χ4v) is 2.32. The first-order valence-corrected chi connectivity index (χ1v) is 6.99. The fourth-order valence-electron chi connectivity index (χ4n) is 2.02. The topological polar surface area (TPSA) is 75.4 Å². The SMILES string of the molecule is NC1CCN(C(=O)CNC(=O)c2ccc(Cl)c(Cl)c2)C1. The molecular formula is C13H15Cl2N3O2. The number of benzene rings is 1. The zero-order chi connectivity index (χ0) is 14.7. The van der Waals surface area contributed by atoms with E-state index in [0.717, 1.165) is 6.42 Å². The smallest absolute Gasteiger partial charge is 0.251 e. The number of likely N-dealkylation sites (tertiary alicyclic amines) is 1. The van der Waals surface area contributed by atoms with Gasteiger partial charge in [0.2, 0.25) is 5.91 Å². The summed E-state index contributed by atoms with van der Waals surface area (Å²) in [7, 11) is 0. The van der Waals surface area contributed by atoms with Crippen molar-refractivity contribution in [3.8, 4) is 0 Å². The maximum absolute atomic E-state index is 11.9. The Labute approximate surface area is 127 Å². The molecule has 2 rings (SSSR count). The molecule has 1 aromatic carbocycles. The van der Waals surface area contributed by atoms with Crippen LogP contribution in [-0.2, 0) is 4.79 Å². The van der Waals surface area contributed by atoms with Crippen LogP contribution >= 0.6 is 23.2 Å². The number of halogens is 2. The minimum absolute atomic E-state index is 0.0322. The van der Waals surface area contributed by atoms with Crippen molar-refractivity contribution in [2.45, 2.75) is 12.5 Å². The predicted octanol–water partition coefficient (Wildman–Crippen LogP) is 1.28. The predicted molar refractivity (Wildman–Crippen MR) is 78.0 cm³/mol. The number of carbonyl (C=O) groups excluding carboxylic acids is 2. The first-order chi connectivity index (χ1) is 9.47. The van der Waals surface area contributed by atoms with E-state index < -0.39 is 0 Å². The average molecular weight is 316 g/mol. The highest BCUT2D eigenvalue weighted by Crippen LogP contribution is 2.22. The van der Waals surface area contributed by atoms with Crippen LogP contribution in [0.2, 0.25) is 10.0 Å². The molecule has 108 valence electrons. The Morgan fingerprint density at radius 1 is 1.35 bits per heavy atom. The number of nitrogens with one attached hydrogen (secondary N) is 1. The number of nitrogens with two attached hydrogens (primary N) is 1. The van der Waals surface area contributed by atoms with Gasteiger partial charge in [0.15, 0.2) is 0 Å². The van der Waals surface area contributed by atoms with Crippen LogP contribution in [0.25, 0.3) is 0 Å². The van der Waals surface area contributed by atoms with E-state index >= 15 is 0 Å². The van der Waals surface area contributed by atoms with E-state index in [2.05, 4.69) is 5.32 Å². The van der Waals surface area contributed by atoms with Crippen molar-refractivity contribution in [3.63, 3.8) is 0 Å². The lowest BCUT2D eigenvalue weighted by atomic mass is 10.2. The molecule has 0 aromatic heterocycles. The molecule has 0 saturated carbocycles. The summed E-state index contributed by atoms with van der Waals surface area (Å²) in [6.45, 7) is 1.13. The molecule has 7 heteroatoms. The van der Waals surface area contributed by atoms with Crippen LogP contribution in [0, 0.1) is 0 Å². The third-order valence-corrected chi connectivity index (χ3v) is 3.90. The second-order valence-corrected chi connectivity index (χ2v) is 5.51. The standard InChI is InChI=1S/C13H15Cl2N3O2/c14-10-2-1-8(5-11(10)15)13(20)17-6-12(19)18-4-3-9(16)7-18/h1-2,5,9H,3-4,6-7,16H2,(H,17,20). The Morgan fingerprint density at radius 2 is 2.10 bits per heavy atom. The van der Waals surface area contributed by atoms with E-state index in [1.165, 1.54) is 6.07 Å². The molecule has 20 heavy (non-hydrogen) atoms.